The molecule has 1 fully saturated rings. The molecule has 28 heavy (non-hydrogen) atoms. The van der Waals surface area contributed by atoms with Gasteiger partial charge in [-0.05, 0) is 30.5 Å². The van der Waals surface area contributed by atoms with Crippen molar-refractivity contribution < 1.29 is 4.79 Å². The monoisotopic (exact) mass is 373 g/mol. The van der Waals surface area contributed by atoms with E-state index in [0.717, 1.165) is 24.0 Å². The highest BCUT2D eigenvalue weighted by Crippen LogP contribution is 2.27. The Hall–Kier alpha value is -3.28. The van der Waals surface area contributed by atoms with Crippen LogP contribution in [0.25, 0.3) is 11.1 Å². The van der Waals surface area contributed by atoms with Crippen molar-refractivity contribution in [1.29, 1.82) is 0 Å². The molecule has 1 saturated carbocycles. The first-order valence-corrected chi connectivity index (χ1v) is 9.70. The second-order valence-electron chi connectivity index (χ2n) is 6.99. The van der Waals surface area contributed by atoms with Crippen LogP contribution in [0.4, 0.5) is 11.6 Å². The minimum absolute atomic E-state index is 0.278. The molecule has 0 saturated heterocycles. The third kappa shape index (κ3) is 4.34. The number of carbonyl (C=O) groups excluding carboxylic acids is 1. The van der Waals surface area contributed by atoms with Crippen LogP contribution in [0.5, 0.6) is 0 Å². The van der Waals surface area contributed by atoms with E-state index in [0.29, 0.717) is 23.4 Å². The number of benzene rings is 1. The molecule has 4 rings (SSSR count). The summed E-state index contributed by atoms with van der Waals surface area (Å²) in [5, 5.41) is 6.30. The highest BCUT2D eigenvalue weighted by molar-refractivity contribution is 6.05. The zero-order chi connectivity index (χ0) is 19.2. The highest BCUT2D eigenvalue weighted by Gasteiger charge is 2.16. The summed E-state index contributed by atoms with van der Waals surface area (Å²) >= 11 is 0. The summed E-state index contributed by atoms with van der Waals surface area (Å²) in [7, 11) is 0. The van der Waals surface area contributed by atoms with Crippen LogP contribution in [0.3, 0.4) is 0 Å². The van der Waals surface area contributed by atoms with Crippen LogP contribution in [0.2, 0.25) is 0 Å². The lowest BCUT2D eigenvalue weighted by atomic mass is 9.96. The topological polar surface area (TPSA) is 79.8 Å². The van der Waals surface area contributed by atoms with Gasteiger partial charge in [0.1, 0.15) is 5.69 Å². The number of hydrogen-bond acceptors (Lipinski definition) is 5. The Balaban J connectivity index is 1.51. The van der Waals surface area contributed by atoms with Crippen molar-refractivity contribution in [2.24, 2.45) is 0 Å². The molecular weight excluding hydrogens is 350 g/mol. The maximum atomic E-state index is 12.8. The molecule has 0 spiro atoms. The molecule has 6 nitrogen and oxygen atoms in total. The number of carbonyl (C=O) groups is 1. The number of anilines is 2. The van der Waals surface area contributed by atoms with Gasteiger partial charge >= 0.3 is 0 Å². The maximum Gasteiger partial charge on any atom is 0.274 e. The lowest BCUT2D eigenvalue weighted by Crippen LogP contribution is -2.24. The van der Waals surface area contributed by atoms with Crippen molar-refractivity contribution in [3.8, 4) is 11.1 Å². The van der Waals surface area contributed by atoms with Crippen molar-refractivity contribution in [2.75, 3.05) is 10.6 Å². The highest BCUT2D eigenvalue weighted by atomic mass is 16.1. The summed E-state index contributed by atoms with van der Waals surface area (Å²) in [6.45, 7) is 0. The van der Waals surface area contributed by atoms with E-state index < -0.39 is 0 Å². The van der Waals surface area contributed by atoms with Crippen LogP contribution >= 0.6 is 0 Å². The lowest BCUT2D eigenvalue weighted by molar-refractivity contribution is 0.102. The first-order valence-electron chi connectivity index (χ1n) is 9.70. The quantitative estimate of drug-likeness (QED) is 0.686. The minimum Gasteiger partial charge on any atom is -0.351 e. The average molecular weight is 373 g/mol. The average Bonchev–Trinajstić information content (AvgIpc) is 2.76. The van der Waals surface area contributed by atoms with Gasteiger partial charge in [-0.3, -0.25) is 9.78 Å². The molecule has 0 bridgehead atoms. The number of nitrogens with one attached hydrogen (secondary N) is 2. The molecule has 0 radical (unpaired) electrons. The molecule has 1 aromatic carbocycles. The summed E-state index contributed by atoms with van der Waals surface area (Å²) in [5.74, 6) is 0.230. The van der Waals surface area contributed by atoms with E-state index >= 15 is 0 Å². The number of nitrogens with zero attached hydrogens (tertiary/aromatic N) is 3. The van der Waals surface area contributed by atoms with Crippen molar-refractivity contribution in [2.45, 2.75) is 38.1 Å². The largest absolute Gasteiger partial charge is 0.351 e. The fourth-order valence-corrected chi connectivity index (χ4v) is 3.53. The van der Waals surface area contributed by atoms with Gasteiger partial charge < -0.3 is 10.6 Å². The Morgan fingerprint density at radius 2 is 1.79 bits per heavy atom. The fraction of sp³-hybridized carbons (Fsp3) is 0.273. The van der Waals surface area contributed by atoms with E-state index in [1.807, 2.05) is 36.4 Å². The predicted molar refractivity (Wildman–Crippen MR) is 110 cm³/mol. The molecular formula is C22H23N5O. The minimum atomic E-state index is -0.278. The Labute approximate surface area is 164 Å². The van der Waals surface area contributed by atoms with Gasteiger partial charge in [-0.25, -0.2) is 9.97 Å². The zero-order valence-electron chi connectivity index (χ0n) is 15.6. The van der Waals surface area contributed by atoms with Crippen LogP contribution in [-0.2, 0) is 0 Å². The van der Waals surface area contributed by atoms with Crippen molar-refractivity contribution >= 4 is 17.5 Å². The SMILES string of the molecule is O=C(Nc1cnccc1-c1ccccc1)c1ccnc(NC2CCCCC2)n1. The van der Waals surface area contributed by atoms with Crippen LogP contribution in [0.1, 0.15) is 42.6 Å². The van der Waals surface area contributed by atoms with E-state index in [2.05, 4.69) is 25.6 Å². The summed E-state index contributed by atoms with van der Waals surface area (Å²) in [6.07, 6.45) is 11.0. The molecule has 6 heteroatoms. The third-order valence-corrected chi connectivity index (χ3v) is 4.98. The molecule has 0 unspecified atom stereocenters. The fourth-order valence-electron chi connectivity index (χ4n) is 3.53. The standard InChI is InChI=1S/C22H23N5O/c28-21(19-12-14-24-22(27-19)25-17-9-5-2-6-10-17)26-20-15-23-13-11-18(20)16-7-3-1-4-8-16/h1,3-4,7-8,11-15,17H,2,5-6,9-10H2,(H,26,28)(H,24,25,27). The number of aromatic nitrogens is 3. The van der Waals surface area contributed by atoms with Gasteiger partial charge in [0.15, 0.2) is 0 Å². The van der Waals surface area contributed by atoms with Gasteiger partial charge in [0.2, 0.25) is 5.95 Å². The lowest BCUT2D eigenvalue weighted by Gasteiger charge is -2.22. The van der Waals surface area contributed by atoms with Gasteiger partial charge in [0.05, 0.1) is 11.9 Å². The van der Waals surface area contributed by atoms with Gasteiger partial charge in [0.25, 0.3) is 5.91 Å². The van der Waals surface area contributed by atoms with Crippen molar-refractivity contribution in [3.63, 3.8) is 0 Å². The molecule has 0 aliphatic heterocycles. The number of rotatable bonds is 5. The van der Waals surface area contributed by atoms with E-state index in [1.54, 1.807) is 24.7 Å². The van der Waals surface area contributed by atoms with Gasteiger partial charge in [0, 0.05) is 24.0 Å². The second-order valence-corrected chi connectivity index (χ2v) is 6.99. The van der Waals surface area contributed by atoms with E-state index in [4.69, 9.17) is 0 Å². The number of pyridine rings is 1. The summed E-state index contributed by atoms with van der Waals surface area (Å²) in [5.41, 5.74) is 2.91. The van der Waals surface area contributed by atoms with Crippen LogP contribution < -0.4 is 10.6 Å². The summed E-state index contributed by atoms with van der Waals surface area (Å²) in [6, 6.07) is 13.8. The molecule has 0 atom stereocenters. The smallest absolute Gasteiger partial charge is 0.274 e. The first kappa shape index (κ1) is 18.1. The van der Waals surface area contributed by atoms with E-state index in [-0.39, 0.29) is 5.91 Å². The molecule has 2 aromatic heterocycles. The molecule has 1 amide bonds. The first-order chi connectivity index (χ1) is 13.8. The Bertz CT molecular complexity index is 938. The molecule has 2 heterocycles. The molecule has 1 aliphatic rings. The third-order valence-electron chi connectivity index (χ3n) is 4.98. The number of amides is 1. The predicted octanol–water partition coefficient (Wildman–Crippen LogP) is 4.54. The van der Waals surface area contributed by atoms with Crippen LogP contribution in [-0.4, -0.2) is 26.9 Å². The van der Waals surface area contributed by atoms with Crippen molar-refractivity contribution in [3.05, 3.63) is 66.7 Å². The molecule has 3 aromatic rings. The molecule has 142 valence electrons. The Kier molecular flexibility index (Phi) is 5.56. The van der Waals surface area contributed by atoms with E-state index in [9.17, 15) is 4.79 Å². The normalized spacial score (nSPS) is 14.4. The van der Waals surface area contributed by atoms with Gasteiger partial charge in [-0.1, -0.05) is 49.6 Å². The maximum absolute atomic E-state index is 12.8. The second kappa shape index (κ2) is 8.61. The van der Waals surface area contributed by atoms with E-state index in [1.165, 1.54) is 19.3 Å². The van der Waals surface area contributed by atoms with Crippen LogP contribution in [0.15, 0.2) is 61.1 Å². The van der Waals surface area contributed by atoms with Gasteiger partial charge in [-0.2, -0.15) is 0 Å². The molecule has 1 aliphatic carbocycles. The Morgan fingerprint density at radius 3 is 2.61 bits per heavy atom. The van der Waals surface area contributed by atoms with Gasteiger partial charge in [-0.15, -0.1) is 0 Å². The zero-order valence-corrected chi connectivity index (χ0v) is 15.6. The summed E-state index contributed by atoms with van der Waals surface area (Å²) < 4.78 is 0. The van der Waals surface area contributed by atoms with Crippen LogP contribution in [0, 0.1) is 0 Å². The Morgan fingerprint density at radius 1 is 0.964 bits per heavy atom. The van der Waals surface area contributed by atoms with Crippen molar-refractivity contribution in [1.82, 2.24) is 15.0 Å². The molecule has 2 N–H and O–H groups in total. The summed E-state index contributed by atoms with van der Waals surface area (Å²) in [4.78, 5) is 25.6. The number of hydrogen-bond donors (Lipinski definition) is 2.